The Hall–Kier alpha value is -2.15. The molecular formula is C18H20N4O3S2. The van der Waals surface area contributed by atoms with E-state index in [1.807, 2.05) is 13.0 Å². The lowest BCUT2D eigenvalue weighted by molar-refractivity contribution is -0.121. The van der Waals surface area contributed by atoms with Gasteiger partial charge in [-0.25, -0.2) is 0 Å². The third-order valence-corrected chi connectivity index (χ3v) is 6.12. The Bertz CT molecular complexity index is 939. The van der Waals surface area contributed by atoms with E-state index in [0.717, 1.165) is 0 Å². The number of carbonyl (C=O) groups excluding carboxylic acids is 1. The maximum Gasteiger partial charge on any atom is 0.270 e. The fraction of sp³-hybridized carbons (Fsp3) is 0.444. The highest BCUT2D eigenvalue weighted by atomic mass is 32.2. The van der Waals surface area contributed by atoms with E-state index < -0.39 is 0 Å². The second kappa shape index (κ2) is 7.84. The van der Waals surface area contributed by atoms with Crippen molar-refractivity contribution >= 4 is 46.1 Å². The molecule has 0 saturated carbocycles. The molecule has 0 unspecified atom stereocenters. The van der Waals surface area contributed by atoms with Crippen LogP contribution in [0.2, 0.25) is 0 Å². The van der Waals surface area contributed by atoms with Gasteiger partial charge in [0.25, 0.3) is 11.5 Å². The van der Waals surface area contributed by atoms with Gasteiger partial charge >= 0.3 is 0 Å². The second-order valence-electron chi connectivity index (χ2n) is 6.24. The van der Waals surface area contributed by atoms with Crippen LogP contribution in [-0.4, -0.2) is 52.5 Å². The summed E-state index contributed by atoms with van der Waals surface area (Å²) in [5, 5.41) is 9.47. The van der Waals surface area contributed by atoms with Crippen LogP contribution >= 0.6 is 24.0 Å². The standard InChI is InChI=1S/C18H20N4O3S2/c1-4-22-17(24)14(27-18(22)26)9-12-11(2)13(10-19)16(23)20(3)15(12)21-5-7-25-8-6-21/h9H,4-8H2,1-3H3/b14-9-. The first-order valence-corrected chi connectivity index (χ1v) is 9.84. The average molecular weight is 405 g/mol. The van der Waals surface area contributed by atoms with Gasteiger partial charge in [0.1, 0.15) is 21.8 Å². The summed E-state index contributed by atoms with van der Waals surface area (Å²) in [5.41, 5.74) is 1.03. The maximum atomic E-state index is 12.6. The molecule has 7 nitrogen and oxygen atoms in total. The van der Waals surface area contributed by atoms with E-state index in [1.165, 1.54) is 16.3 Å². The predicted octanol–water partition coefficient (Wildman–Crippen LogP) is 1.62. The number of rotatable bonds is 3. The molecule has 3 heterocycles. The van der Waals surface area contributed by atoms with Crippen molar-refractivity contribution < 1.29 is 9.53 Å². The van der Waals surface area contributed by atoms with Crippen molar-refractivity contribution in [2.75, 3.05) is 37.7 Å². The molecule has 3 rings (SSSR count). The summed E-state index contributed by atoms with van der Waals surface area (Å²) in [6.07, 6.45) is 1.76. The second-order valence-corrected chi connectivity index (χ2v) is 7.91. The smallest absolute Gasteiger partial charge is 0.270 e. The normalized spacial score (nSPS) is 19.1. The minimum Gasteiger partial charge on any atom is -0.378 e. The number of hydrogen-bond donors (Lipinski definition) is 0. The van der Waals surface area contributed by atoms with Crippen LogP contribution in [0, 0.1) is 18.3 Å². The molecule has 0 atom stereocenters. The van der Waals surface area contributed by atoms with Crippen molar-refractivity contribution in [2.45, 2.75) is 13.8 Å². The van der Waals surface area contributed by atoms with Crippen molar-refractivity contribution in [3.05, 3.63) is 31.9 Å². The Kier molecular flexibility index (Phi) is 5.69. The Labute approximate surface area is 167 Å². The lowest BCUT2D eigenvalue weighted by Gasteiger charge is -2.32. The van der Waals surface area contributed by atoms with E-state index in [4.69, 9.17) is 17.0 Å². The molecule has 1 amide bonds. The minimum absolute atomic E-state index is 0.0896. The largest absolute Gasteiger partial charge is 0.378 e. The minimum atomic E-state index is -0.338. The molecule has 2 fully saturated rings. The molecule has 0 aliphatic carbocycles. The molecule has 0 aromatic carbocycles. The molecule has 2 saturated heterocycles. The SMILES string of the molecule is CCN1C(=O)/C(=C/c2c(C)c(C#N)c(=O)n(C)c2N2CCOCC2)SC1=S. The highest BCUT2D eigenvalue weighted by molar-refractivity contribution is 8.26. The Morgan fingerprint density at radius 1 is 1.33 bits per heavy atom. The fourth-order valence-electron chi connectivity index (χ4n) is 3.27. The number of thioether (sulfide) groups is 1. The first kappa shape index (κ1) is 19.6. The van der Waals surface area contributed by atoms with Gasteiger partial charge < -0.3 is 9.64 Å². The number of carbonyl (C=O) groups is 1. The number of aromatic nitrogens is 1. The van der Waals surface area contributed by atoms with E-state index in [9.17, 15) is 14.9 Å². The number of anilines is 1. The van der Waals surface area contributed by atoms with Gasteiger partial charge in [0.05, 0.1) is 18.1 Å². The number of thiocarbonyl (C=S) groups is 1. The number of hydrogen-bond acceptors (Lipinski definition) is 7. The van der Waals surface area contributed by atoms with Gasteiger partial charge in [-0.1, -0.05) is 24.0 Å². The molecule has 2 aliphatic rings. The van der Waals surface area contributed by atoms with Crippen molar-refractivity contribution in [1.29, 1.82) is 5.26 Å². The molecular weight excluding hydrogens is 384 g/mol. The van der Waals surface area contributed by atoms with Gasteiger partial charge in [0.15, 0.2) is 0 Å². The summed E-state index contributed by atoms with van der Waals surface area (Å²) in [6, 6.07) is 2.01. The summed E-state index contributed by atoms with van der Waals surface area (Å²) in [6.45, 7) is 6.52. The van der Waals surface area contributed by atoms with Crippen LogP contribution in [-0.2, 0) is 16.6 Å². The van der Waals surface area contributed by atoms with Gasteiger partial charge in [0.2, 0.25) is 0 Å². The van der Waals surface area contributed by atoms with E-state index in [1.54, 1.807) is 24.9 Å². The molecule has 0 bridgehead atoms. The van der Waals surface area contributed by atoms with Gasteiger partial charge in [-0.05, 0) is 25.5 Å². The van der Waals surface area contributed by atoms with E-state index in [0.29, 0.717) is 59.0 Å². The zero-order valence-corrected chi connectivity index (χ0v) is 17.1. The monoisotopic (exact) mass is 404 g/mol. The molecule has 1 aromatic rings. The number of nitriles is 1. The number of nitrogens with zero attached hydrogens (tertiary/aromatic N) is 4. The molecule has 9 heteroatoms. The number of ether oxygens (including phenoxy) is 1. The zero-order chi connectivity index (χ0) is 19.7. The van der Waals surface area contributed by atoms with Crippen LogP contribution in [0.15, 0.2) is 9.70 Å². The van der Waals surface area contributed by atoms with E-state index >= 15 is 0 Å². The molecule has 0 N–H and O–H groups in total. The summed E-state index contributed by atoms with van der Waals surface area (Å²) in [7, 11) is 1.65. The van der Waals surface area contributed by atoms with Gasteiger partial charge in [-0.2, -0.15) is 5.26 Å². The van der Waals surface area contributed by atoms with Crippen LogP contribution in [0.4, 0.5) is 5.82 Å². The topological polar surface area (TPSA) is 78.6 Å². The first-order chi connectivity index (χ1) is 12.9. The highest BCUT2D eigenvalue weighted by Crippen LogP contribution is 2.35. The Morgan fingerprint density at radius 2 is 2.00 bits per heavy atom. The van der Waals surface area contributed by atoms with Crippen molar-refractivity contribution in [3.8, 4) is 6.07 Å². The quantitative estimate of drug-likeness (QED) is 0.560. The summed E-state index contributed by atoms with van der Waals surface area (Å²) in [5.74, 6) is 0.550. The van der Waals surface area contributed by atoms with Crippen molar-refractivity contribution in [1.82, 2.24) is 9.47 Å². The highest BCUT2D eigenvalue weighted by Gasteiger charge is 2.32. The van der Waals surface area contributed by atoms with Crippen LogP contribution in [0.1, 0.15) is 23.6 Å². The van der Waals surface area contributed by atoms with Crippen LogP contribution in [0.3, 0.4) is 0 Å². The third-order valence-electron chi connectivity index (χ3n) is 4.74. The molecule has 142 valence electrons. The van der Waals surface area contributed by atoms with Gasteiger partial charge in [-0.15, -0.1) is 0 Å². The first-order valence-electron chi connectivity index (χ1n) is 8.62. The van der Waals surface area contributed by atoms with Gasteiger partial charge in [-0.3, -0.25) is 19.1 Å². The maximum absolute atomic E-state index is 12.6. The predicted molar refractivity (Wildman–Crippen MR) is 110 cm³/mol. The molecule has 2 aliphatic heterocycles. The molecule has 27 heavy (non-hydrogen) atoms. The number of morpholine rings is 1. The van der Waals surface area contributed by atoms with Crippen molar-refractivity contribution in [2.24, 2.45) is 7.05 Å². The molecule has 1 aromatic heterocycles. The summed E-state index contributed by atoms with van der Waals surface area (Å²) >= 11 is 6.53. The van der Waals surface area contributed by atoms with Crippen LogP contribution < -0.4 is 10.5 Å². The lowest BCUT2D eigenvalue weighted by atomic mass is 10.0. The molecule has 0 spiro atoms. The average Bonchev–Trinajstić information content (AvgIpc) is 2.93. The summed E-state index contributed by atoms with van der Waals surface area (Å²) < 4.78 is 7.43. The van der Waals surface area contributed by atoms with Crippen LogP contribution in [0.25, 0.3) is 6.08 Å². The number of amides is 1. The Balaban J connectivity index is 2.22. The Morgan fingerprint density at radius 3 is 2.56 bits per heavy atom. The third kappa shape index (κ3) is 3.40. The number of likely N-dealkylation sites (N-methyl/N-ethyl adjacent to an activating group) is 1. The summed E-state index contributed by atoms with van der Waals surface area (Å²) in [4.78, 5) is 29.4. The van der Waals surface area contributed by atoms with Gasteiger partial charge in [0, 0.05) is 32.2 Å². The van der Waals surface area contributed by atoms with Crippen molar-refractivity contribution in [3.63, 3.8) is 0 Å². The lowest BCUT2D eigenvalue weighted by Crippen LogP contribution is -2.40. The van der Waals surface area contributed by atoms with E-state index in [2.05, 4.69) is 4.90 Å². The fourth-order valence-corrected chi connectivity index (χ4v) is 4.64. The van der Waals surface area contributed by atoms with Crippen LogP contribution in [0.5, 0.6) is 0 Å². The molecule has 0 radical (unpaired) electrons. The van der Waals surface area contributed by atoms with E-state index in [-0.39, 0.29) is 17.0 Å². The zero-order valence-electron chi connectivity index (χ0n) is 15.4. The number of pyridine rings is 1.